The number of rotatable bonds is 36. The highest BCUT2D eigenvalue weighted by Crippen LogP contribution is 2.29. The van der Waals surface area contributed by atoms with E-state index in [1.807, 2.05) is 0 Å². The maximum absolute atomic E-state index is 6.30. The van der Waals surface area contributed by atoms with Crippen LogP contribution in [0.25, 0.3) is 0 Å². The molecule has 3 heteroatoms. The lowest BCUT2D eigenvalue weighted by atomic mass is 10.1. The van der Waals surface area contributed by atoms with Crippen molar-refractivity contribution < 1.29 is 9.47 Å². The quantitative estimate of drug-likeness (QED) is 0.0525. The van der Waals surface area contributed by atoms with Gasteiger partial charge in [-0.3, -0.25) is 0 Å². The van der Waals surface area contributed by atoms with Crippen molar-refractivity contribution in [3.63, 3.8) is 0 Å². The topological polar surface area (TPSA) is 21.7 Å². The van der Waals surface area contributed by atoms with Crippen molar-refractivity contribution in [3.05, 3.63) is 48.1 Å². The molecule has 48 heavy (non-hydrogen) atoms. The average Bonchev–Trinajstić information content (AvgIpc) is 3.08. The number of unbranched alkanes of at least 4 members (excludes halogenated alkanes) is 24. The summed E-state index contributed by atoms with van der Waals surface area (Å²) >= 11 is 0. The molecule has 0 heterocycles. The predicted molar refractivity (Wildman–Crippen MR) is 214 cm³/mol. The minimum atomic E-state index is 0.775. The molecule has 0 spiro atoms. The molecule has 0 aliphatic heterocycles. The van der Waals surface area contributed by atoms with Gasteiger partial charge in [0.2, 0.25) is 0 Å². The Hall–Kier alpha value is -1.74. The molecular weight excluding hydrogens is 587 g/mol. The molecular formula is C45H81NO2. The summed E-state index contributed by atoms with van der Waals surface area (Å²) in [5, 5.41) is 0. The van der Waals surface area contributed by atoms with Crippen LogP contribution in [0.1, 0.15) is 199 Å². The molecule has 1 aromatic rings. The highest BCUT2D eigenvalue weighted by atomic mass is 16.5. The summed E-state index contributed by atoms with van der Waals surface area (Å²) in [5.41, 5.74) is 1.28. The Balaban J connectivity index is 2.12. The first-order valence-electron chi connectivity index (χ1n) is 21.0. The van der Waals surface area contributed by atoms with Crippen LogP contribution in [0.3, 0.4) is 0 Å². The van der Waals surface area contributed by atoms with E-state index in [0.717, 1.165) is 44.1 Å². The zero-order valence-electron chi connectivity index (χ0n) is 32.7. The first kappa shape index (κ1) is 44.3. The maximum Gasteiger partial charge on any atom is 0.161 e. The van der Waals surface area contributed by atoms with Crippen LogP contribution in [0.5, 0.6) is 11.5 Å². The SMILES string of the molecule is CCCCCCCC/C=C\CCCCCCCCOc1ccc(CN(C)C)cc1OCCCCCCCC/C=C/CCCCCCCC. The summed E-state index contributed by atoms with van der Waals surface area (Å²) in [6.45, 7) is 7.05. The van der Waals surface area contributed by atoms with E-state index in [-0.39, 0.29) is 0 Å². The van der Waals surface area contributed by atoms with Gasteiger partial charge in [0.25, 0.3) is 0 Å². The second-order valence-corrected chi connectivity index (χ2v) is 14.6. The normalized spacial score (nSPS) is 11.9. The molecule has 0 saturated heterocycles. The molecule has 0 aliphatic carbocycles. The van der Waals surface area contributed by atoms with Crippen LogP contribution in [-0.2, 0) is 6.54 Å². The van der Waals surface area contributed by atoms with Gasteiger partial charge in [0.05, 0.1) is 13.2 Å². The largest absolute Gasteiger partial charge is 0.490 e. The zero-order valence-corrected chi connectivity index (χ0v) is 32.7. The average molecular weight is 668 g/mol. The van der Waals surface area contributed by atoms with Crippen molar-refractivity contribution in [2.45, 2.75) is 200 Å². The van der Waals surface area contributed by atoms with Gasteiger partial charge in [0.1, 0.15) is 0 Å². The smallest absolute Gasteiger partial charge is 0.161 e. The van der Waals surface area contributed by atoms with Gasteiger partial charge in [-0.2, -0.15) is 0 Å². The molecule has 0 aliphatic rings. The summed E-state index contributed by atoms with van der Waals surface area (Å²) in [7, 11) is 4.23. The molecule has 1 rings (SSSR count). The van der Waals surface area contributed by atoms with Gasteiger partial charge in [-0.25, -0.2) is 0 Å². The molecule has 0 radical (unpaired) electrons. The number of ether oxygens (including phenoxy) is 2. The number of benzene rings is 1. The van der Waals surface area contributed by atoms with Crippen molar-refractivity contribution in [1.29, 1.82) is 0 Å². The van der Waals surface area contributed by atoms with Gasteiger partial charge in [0, 0.05) is 6.54 Å². The molecule has 0 aromatic heterocycles. The van der Waals surface area contributed by atoms with Crippen LogP contribution < -0.4 is 9.47 Å². The van der Waals surface area contributed by atoms with E-state index in [4.69, 9.17) is 9.47 Å². The van der Waals surface area contributed by atoms with Crippen molar-refractivity contribution in [2.75, 3.05) is 27.3 Å². The van der Waals surface area contributed by atoms with Gasteiger partial charge in [0.15, 0.2) is 11.5 Å². The lowest BCUT2D eigenvalue weighted by Crippen LogP contribution is -2.11. The molecule has 0 bridgehead atoms. The Labute approximate surface area is 300 Å². The van der Waals surface area contributed by atoms with Gasteiger partial charge in [-0.15, -0.1) is 0 Å². The maximum atomic E-state index is 6.30. The first-order chi connectivity index (χ1) is 23.7. The highest BCUT2D eigenvalue weighted by Gasteiger charge is 2.08. The molecule has 0 N–H and O–H groups in total. The Morgan fingerprint density at radius 1 is 0.438 bits per heavy atom. The van der Waals surface area contributed by atoms with Crippen LogP contribution in [-0.4, -0.2) is 32.2 Å². The molecule has 0 fully saturated rings. The van der Waals surface area contributed by atoms with Gasteiger partial charge < -0.3 is 14.4 Å². The van der Waals surface area contributed by atoms with Crippen LogP contribution in [0, 0.1) is 0 Å². The molecule has 1 aromatic carbocycles. The summed E-state index contributed by atoms with van der Waals surface area (Å²) in [5.74, 6) is 1.83. The summed E-state index contributed by atoms with van der Waals surface area (Å²) in [6, 6.07) is 6.50. The zero-order chi connectivity index (χ0) is 34.6. The number of allylic oxidation sites excluding steroid dienone is 4. The first-order valence-corrected chi connectivity index (χ1v) is 21.0. The van der Waals surface area contributed by atoms with Crippen molar-refractivity contribution >= 4 is 0 Å². The van der Waals surface area contributed by atoms with Crippen molar-refractivity contribution in [1.82, 2.24) is 4.90 Å². The Bertz CT molecular complexity index is 861. The Morgan fingerprint density at radius 3 is 1.19 bits per heavy atom. The third kappa shape index (κ3) is 29.2. The van der Waals surface area contributed by atoms with Crippen LogP contribution in [0.2, 0.25) is 0 Å². The summed E-state index contributed by atoms with van der Waals surface area (Å²) < 4.78 is 12.6. The molecule has 0 saturated carbocycles. The van der Waals surface area contributed by atoms with Gasteiger partial charge >= 0.3 is 0 Å². The van der Waals surface area contributed by atoms with E-state index in [2.05, 4.69) is 75.3 Å². The predicted octanol–water partition coefficient (Wildman–Crippen LogP) is 14.6. The lowest BCUT2D eigenvalue weighted by Gasteiger charge is -2.16. The Kier molecular flexibility index (Phi) is 32.4. The third-order valence-electron chi connectivity index (χ3n) is 9.33. The minimum absolute atomic E-state index is 0.775. The van der Waals surface area contributed by atoms with Crippen LogP contribution >= 0.6 is 0 Å². The van der Waals surface area contributed by atoms with E-state index in [9.17, 15) is 0 Å². The lowest BCUT2D eigenvalue weighted by molar-refractivity contribution is 0.257. The van der Waals surface area contributed by atoms with Crippen molar-refractivity contribution in [2.24, 2.45) is 0 Å². The van der Waals surface area contributed by atoms with Gasteiger partial charge in [-0.05, 0) is 96.0 Å². The fraction of sp³-hybridized carbons (Fsp3) is 0.778. The molecule has 0 unspecified atom stereocenters. The van der Waals surface area contributed by atoms with E-state index in [0.29, 0.717) is 0 Å². The van der Waals surface area contributed by atoms with Gasteiger partial charge in [-0.1, -0.05) is 160 Å². The number of nitrogens with zero attached hydrogens (tertiary/aromatic N) is 1. The Morgan fingerprint density at radius 2 is 0.792 bits per heavy atom. The fourth-order valence-electron chi connectivity index (χ4n) is 6.31. The van der Waals surface area contributed by atoms with Crippen molar-refractivity contribution in [3.8, 4) is 11.5 Å². The second kappa shape index (κ2) is 35.1. The summed E-state index contributed by atoms with van der Waals surface area (Å²) in [6.07, 6.45) is 46.8. The monoisotopic (exact) mass is 668 g/mol. The summed E-state index contributed by atoms with van der Waals surface area (Å²) in [4.78, 5) is 2.21. The highest BCUT2D eigenvalue weighted by molar-refractivity contribution is 5.43. The molecule has 3 nitrogen and oxygen atoms in total. The minimum Gasteiger partial charge on any atom is -0.490 e. The van der Waals surface area contributed by atoms with Crippen LogP contribution in [0.4, 0.5) is 0 Å². The van der Waals surface area contributed by atoms with E-state index in [1.165, 1.54) is 173 Å². The third-order valence-corrected chi connectivity index (χ3v) is 9.33. The van der Waals surface area contributed by atoms with Crippen LogP contribution in [0.15, 0.2) is 42.5 Å². The molecule has 0 atom stereocenters. The number of hydrogen-bond donors (Lipinski definition) is 0. The molecule has 278 valence electrons. The molecule has 0 amide bonds. The standard InChI is InChI=1S/C45H81NO2/c1-5-7-9-11-13-15-17-19-21-23-25-27-29-31-33-35-39-47-44-38-37-43(42-46(3)4)41-45(44)48-40-36-34-32-30-28-26-24-22-20-18-16-14-12-10-8-6-2/h19-22,37-38,41H,5-18,23-36,39-40,42H2,1-4H3/b21-19-,22-20+. The second-order valence-electron chi connectivity index (χ2n) is 14.6. The van der Waals surface area contributed by atoms with E-state index in [1.54, 1.807) is 0 Å². The fourth-order valence-corrected chi connectivity index (χ4v) is 6.31. The van der Waals surface area contributed by atoms with E-state index < -0.39 is 0 Å². The number of hydrogen-bond acceptors (Lipinski definition) is 3. The van der Waals surface area contributed by atoms with E-state index >= 15 is 0 Å².